The molecule has 0 aliphatic carbocycles. The predicted octanol–water partition coefficient (Wildman–Crippen LogP) is 0.329. The molecule has 1 aliphatic rings. The largest absolute Gasteiger partial charge is 0.391 e. The lowest BCUT2D eigenvalue weighted by molar-refractivity contribution is -0.136. The van der Waals surface area contributed by atoms with Crippen LogP contribution >= 0.6 is 0 Å². The highest BCUT2D eigenvalue weighted by Gasteiger charge is 2.50. The summed E-state index contributed by atoms with van der Waals surface area (Å²) in [5, 5.41) is 13.8. The van der Waals surface area contributed by atoms with Crippen molar-refractivity contribution in [2.24, 2.45) is 5.92 Å². The van der Waals surface area contributed by atoms with Crippen LogP contribution in [0, 0.1) is 5.92 Å². The molecule has 1 aromatic rings. The van der Waals surface area contributed by atoms with Crippen molar-refractivity contribution in [1.82, 2.24) is 26.4 Å². The fourth-order valence-corrected chi connectivity index (χ4v) is 3.86. The topological polar surface area (TPSA) is 198 Å². The molecule has 41 heavy (non-hydrogen) atoms. The molecule has 0 spiro atoms. The van der Waals surface area contributed by atoms with Gasteiger partial charge in [0.15, 0.2) is 5.78 Å². The highest BCUT2D eigenvalue weighted by molar-refractivity contribution is 5.97. The van der Waals surface area contributed by atoms with E-state index in [-0.39, 0.29) is 42.7 Å². The second kappa shape index (κ2) is 15.8. The maximum Gasteiger partial charge on any atom is 0.319 e. The van der Waals surface area contributed by atoms with Crippen molar-refractivity contribution >= 4 is 35.4 Å². The lowest BCUT2D eigenvalue weighted by Crippen LogP contribution is -2.53. The molecular formula is C27H41N5O9. The van der Waals surface area contributed by atoms with Crippen molar-refractivity contribution < 1.29 is 42.8 Å². The normalized spacial score (nSPS) is 17.2. The zero-order valence-corrected chi connectivity index (χ0v) is 24.3. The fourth-order valence-electron chi connectivity index (χ4n) is 3.86. The highest BCUT2D eigenvalue weighted by Crippen LogP contribution is 2.29. The van der Waals surface area contributed by atoms with Gasteiger partial charge in [-0.3, -0.25) is 28.8 Å². The van der Waals surface area contributed by atoms with Crippen LogP contribution in [0.25, 0.3) is 0 Å². The summed E-state index contributed by atoms with van der Waals surface area (Å²) in [6.45, 7) is 8.73. The maximum atomic E-state index is 12.7. The van der Waals surface area contributed by atoms with Gasteiger partial charge in [0, 0.05) is 12.5 Å². The molecule has 228 valence electrons. The second-order valence-electron chi connectivity index (χ2n) is 10.6. The minimum Gasteiger partial charge on any atom is -0.391 e. The molecule has 0 saturated carbocycles. The van der Waals surface area contributed by atoms with Gasteiger partial charge in [-0.05, 0) is 32.1 Å². The van der Waals surface area contributed by atoms with Gasteiger partial charge in [0.05, 0.1) is 37.9 Å². The summed E-state index contributed by atoms with van der Waals surface area (Å²) in [5.41, 5.74) is -0.678. The molecule has 4 N–H and O–H groups in total. The number of ketones is 1. The molecule has 0 radical (unpaired) electrons. The molecule has 2 heterocycles. The number of hydrogen-bond donors (Lipinski definition) is 4. The summed E-state index contributed by atoms with van der Waals surface area (Å²) in [4.78, 5) is 74.0. The van der Waals surface area contributed by atoms with Gasteiger partial charge in [0.2, 0.25) is 23.6 Å². The van der Waals surface area contributed by atoms with Crippen LogP contribution in [0.3, 0.4) is 0 Å². The van der Waals surface area contributed by atoms with Crippen LogP contribution in [0.15, 0.2) is 10.6 Å². The van der Waals surface area contributed by atoms with E-state index in [0.717, 1.165) is 0 Å². The molecule has 14 heteroatoms. The minimum atomic E-state index is -0.931. The number of esters is 1. The van der Waals surface area contributed by atoms with Crippen molar-refractivity contribution in [3.8, 4) is 5.95 Å². The van der Waals surface area contributed by atoms with E-state index in [2.05, 4.69) is 26.4 Å². The summed E-state index contributed by atoms with van der Waals surface area (Å²) in [7, 11) is 0. The van der Waals surface area contributed by atoms with E-state index >= 15 is 0 Å². The number of Topliss-reactive ketones (excluding diaryl/α,β-unsaturated/α-hetero) is 1. The molecule has 1 saturated heterocycles. The monoisotopic (exact) mass is 579 g/mol. The van der Waals surface area contributed by atoms with Gasteiger partial charge < -0.3 is 35.3 Å². The van der Waals surface area contributed by atoms with Crippen LogP contribution in [-0.4, -0.2) is 77.9 Å². The van der Waals surface area contributed by atoms with Gasteiger partial charge in [-0.2, -0.15) is 0 Å². The Balaban J connectivity index is 1.79. The third kappa shape index (κ3) is 11.7. The zero-order chi connectivity index (χ0) is 30.6. The third-order valence-corrected chi connectivity index (χ3v) is 6.10. The van der Waals surface area contributed by atoms with Crippen LogP contribution < -0.4 is 26.0 Å². The smallest absolute Gasteiger partial charge is 0.319 e. The molecule has 1 unspecified atom stereocenters. The third-order valence-electron chi connectivity index (χ3n) is 6.10. The van der Waals surface area contributed by atoms with E-state index in [1.54, 1.807) is 6.92 Å². The molecule has 0 bridgehead atoms. The van der Waals surface area contributed by atoms with E-state index in [1.165, 1.54) is 6.07 Å². The average molecular weight is 580 g/mol. The Kier molecular flexibility index (Phi) is 12.9. The van der Waals surface area contributed by atoms with Crippen molar-refractivity contribution in [2.75, 3.05) is 19.7 Å². The van der Waals surface area contributed by atoms with Crippen LogP contribution in [0.2, 0.25) is 0 Å². The van der Waals surface area contributed by atoms with Crippen LogP contribution in [0.5, 0.6) is 5.95 Å². The van der Waals surface area contributed by atoms with Crippen molar-refractivity contribution in [2.45, 2.75) is 90.8 Å². The van der Waals surface area contributed by atoms with Crippen LogP contribution in [0.1, 0.15) is 72.4 Å². The van der Waals surface area contributed by atoms with E-state index in [9.17, 15) is 28.8 Å². The molecule has 1 fully saturated rings. The van der Waals surface area contributed by atoms with Gasteiger partial charge >= 0.3 is 11.9 Å². The molecule has 14 nitrogen and oxygen atoms in total. The molecule has 2 rings (SSSR count). The Morgan fingerprint density at radius 2 is 1.61 bits per heavy atom. The Labute approximate surface area is 239 Å². The van der Waals surface area contributed by atoms with E-state index in [0.29, 0.717) is 32.3 Å². The number of ether oxygens (including phenoxy) is 2. The standard InChI is InChI=1S/C27H41N5O9/c1-6-8-18(26(38)29-14-22(35)31-19(10-16(3)4)25(37)27(5)15-39-27)30-21(34)13-28-20(33)11-17-12-24(41-32-17)40-23(36)9-7-2/h12,16,18-19H,6-11,13-15H2,1-5H3,(H,28,33)(H,29,38)(H,30,34)(H,31,35)/t18-,19-,27?/m0/s1. The molecule has 4 amide bonds. The summed E-state index contributed by atoms with van der Waals surface area (Å²) >= 11 is 0. The summed E-state index contributed by atoms with van der Waals surface area (Å²) in [5.74, 6) is -2.91. The Morgan fingerprint density at radius 3 is 2.20 bits per heavy atom. The highest BCUT2D eigenvalue weighted by atomic mass is 16.6. The van der Waals surface area contributed by atoms with E-state index in [4.69, 9.17) is 14.0 Å². The van der Waals surface area contributed by atoms with Gasteiger partial charge in [-0.25, -0.2) is 0 Å². The minimum absolute atomic E-state index is 0.126. The number of carbonyl (C=O) groups excluding carboxylic acids is 6. The molecule has 3 atom stereocenters. The summed E-state index contributed by atoms with van der Waals surface area (Å²) < 4.78 is 15.0. The van der Waals surface area contributed by atoms with Crippen LogP contribution in [-0.2, 0) is 39.9 Å². The first-order chi connectivity index (χ1) is 19.4. The first-order valence-corrected chi connectivity index (χ1v) is 13.8. The summed E-state index contributed by atoms with van der Waals surface area (Å²) in [6.07, 6.45) is 1.90. The average Bonchev–Trinajstić information content (AvgIpc) is 3.51. The number of amides is 4. The van der Waals surface area contributed by atoms with Crippen molar-refractivity contribution in [3.05, 3.63) is 11.8 Å². The number of nitrogens with one attached hydrogen (secondary N) is 4. The fraction of sp³-hybridized carbons (Fsp3) is 0.667. The number of hydrogen-bond acceptors (Lipinski definition) is 10. The van der Waals surface area contributed by atoms with Gasteiger partial charge in [0.1, 0.15) is 11.6 Å². The van der Waals surface area contributed by atoms with Gasteiger partial charge in [-0.1, -0.05) is 39.3 Å². The lowest BCUT2D eigenvalue weighted by Gasteiger charge is -2.22. The van der Waals surface area contributed by atoms with Crippen molar-refractivity contribution in [1.29, 1.82) is 0 Å². The zero-order valence-electron chi connectivity index (χ0n) is 24.3. The van der Waals surface area contributed by atoms with Crippen molar-refractivity contribution in [3.63, 3.8) is 0 Å². The molecular weight excluding hydrogens is 538 g/mol. The number of aromatic nitrogens is 1. The Hall–Kier alpha value is -3.81. The lowest BCUT2D eigenvalue weighted by atomic mass is 9.93. The van der Waals surface area contributed by atoms with E-state index < -0.39 is 53.8 Å². The molecule has 1 aromatic heterocycles. The number of epoxide rings is 1. The first kappa shape index (κ1) is 33.4. The van der Waals surface area contributed by atoms with Gasteiger partial charge in [0.25, 0.3) is 0 Å². The maximum absolute atomic E-state index is 12.7. The second-order valence-corrected chi connectivity index (χ2v) is 10.6. The predicted molar refractivity (Wildman–Crippen MR) is 144 cm³/mol. The molecule has 0 aromatic carbocycles. The van der Waals surface area contributed by atoms with E-state index in [1.807, 2.05) is 27.7 Å². The number of nitrogens with zero attached hydrogens (tertiary/aromatic N) is 1. The Morgan fingerprint density at radius 1 is 0.976 bits per heavy atom. The van der Waals surface area contributed by atoms with Crippen LogP contribution in [0.4, 0.5) is 0 Å². The molecule has 1 aliphatic heterocycles. The first-order valence-electron chi connectivity index (χ1n) is 13.8. The quantitative estimate of drug-likeness (QED) is 0.139. The number of carbonyl (C=O) groups is 6. The Bertz CT molecular complexity index is 1100. The summed E-state index contributed by atoms with van der Waals surface area (Å²) in [6, 6.07) is -0.354. The SMILES string of the molecule is CCCC(=O)Oc1cc(CC(=O)NCC(=O)N[C@@H](CCC)C(=O)NCC(=O)N[C@@H](CC(C)C)C(=O)C2(C)CO2)no1. The number of rotatable bonds is 18. The van der Waals surface area contributed by atoms with Gasteiger partial charge in [-0.15, -0.1) is 0 Å².